The Morgan fingerprint density at radius 1 is 0.944 bits per heavy atom. The quantitative estimate of drug-likeness (QED) is 0.292. The summed E-state index contributed by atoms with van der Waals surface area (Å²) in [7, 11) is 1.66. The summed E-state index contributed by atoms with van der Waals surface area (Å²) in [6.45, 7) is 4.19. The first-order valence-electron chi connectivity index (χ1n) is 11.7. The van der Waals surface area contributed by atoms with Crippen LogP contribution in [0.4, 0.5) is 5.69 Å². The van der Waals surface area contributed by atoms with Crippen LogP contribution in [0.3, 0.4) is 0 Å². The van der Waals surface area contributed by atoms with Crippen LogP contribution in [0.15, 0.2) is 67.1 Å². The summed E-state index contributed by atoms with van der Waals surface area (Å²) < 4.78 is 5.40. The maximum Gasteiger partial charge on any atom is 0.162 e. The number of aromatic nitrogens is 7. The molecule has 6 aromatic rings. The van der Waals surface area contributed by atoms with Crippen LogP contribution in [0.2, 0.25) is 0 Å². The fourth-order valence-electron chi connectivity index (χ4n) is 4.26. The van der Waals surface area contributed by atoms with Crippen molar-refractivity contribution in [1.82, 2.24) is 35.1 Å². The Labute approximate surface area is 207 Å². The van der Waals surface area contributed by atoms with E-state index in [4.69, 9.17) is 14.7 Å². The first-order chi connectivity index (χ1) is 17.6. The molecule has 9 heteroatoms. The second kappa shape index (κ2) is 8.77. The van der Waals surface area contributed by atoms with E-state index in [-0.39, 0.29) is 0 Å². The van der Waals surface area contributed by atoms with Gasteiger partial charge in [-0.25, -0.2) is 15.0 Å². The minimum Gasteiger partial charge on any atom is -0.497 e. The molecule has 0 saturated carbocycles. The molecule has 0 aliphatic carbocycles. The molecule has 0 atom stereocenters. The molecule has 3 N–H and O–H groups in total. The van der Waals surface area contributed by atoms with E-state index in [9.17, 15) is 0 Å². The predicted octanol–water partition coefficient (Wildman–Crippen LogP) is 5.45. The van der Waals surface area contributed by atoms with Gasteiger partial charge in [0.25, 0.3) is 0 Å². The van der Waals surface area contributed by atoms with Gasteiger partial charge >= 0.3 is 0 Å². The number of nitrogens with one attached hydrogen (secondary N) is 3. The molecular weight excluding hydrogens is 452 g/mol. The van der Waals surface area contributed by atoms with Crippen LogP contribution in [0.5, 0.6) is 5.75 Å². The predicted molar refractivity (Wildman–Crippen MR) is 141 cm³/mol. The summed E-state index contributed by atoms with van der Waals surface area (Å²) in [6, 6.07) is 16.1. The third kappa shape index (κ3) is 3.90. The van der Waals surface area contributed by atoms with E-state index in [0.717, 1.165) is 50.4 Å². The van der Waals surface area contributed by atoms with Crippen molar-refractivity contribution in [3.63, 3.8) is 0 Å². The van der Waals surface area contributed by atoms with Crippen LogP contribution < -0.4 is 10.1 Å². The normalized spacial score (nSPS) is 11.4. The number of hydrogen-bond acceptors (Lipinski definition) is 7. The van der Waals surface area contributed by atoms with Crippen LogP contribution in [0.1, 0.15) is 13.8 Å². The molecule has 5 heterocycles. The zero-order valence-electron chi connectivity index (χ0n) is 20.1. The number of anilines is 1. The van der Waals surface area contributed by atoms with Gasteiger partial charge in [-0.3, -0.25) is 10.1 Å². The average Bonchev–Trinajstić information content (AvgIpc) is 3.52. The van der Waals surface area contributed by atoms with Crippen molar-refractivity contribution < 1.29 is 4.74 Å². The molecule has 0 radical (unpaired) electrons. The van der Waals surface area contributed by atoms with Gasteiger partial charge in [0.2, 0.25) is 0 Å². The lowest BCUT2D eigenvalue weighted by Crippen LogP contribution is -2.09. The smallest absolute Gasteiger partial charge is 0.162 e. The van der Waals surface area contributed by atoms with E-state index >= 15 is 0 Å². The highest BCUT2D eigenvalue weighted by molar-refractivity contribution is 5.95. The lowest BCUT2D eigenvalue weighted by molar-refractivity contribution is 0.415. The Balaban J connectivity index is 1.44. The second-order valence-corrected chi connectivity index (χ2v) is 8.80. The SMILES string of the molecule is COc1cccc(-c2ccnc3[nH]c(-c4n[nH]c5ccc(-c6cncc(NC(C)C)c6)nc45)nc23)c1. The van der Waals surface area contributed by atoms with Crippen LogP contribution in [-0.4, -0.2) is 48.3 Å². The summed E-state index contributed by atoms with van der Waals surface area (Å²) in [5.41, 5.74) is 8.22. The maximum absolute atomic E-state index is 5.40. The number of ether oxygens (including phenoxy) is 1. The molecule has 0 spiro atoms. The van der Waals surface area contributed by atoms with E-state index in [0.29, 0.717) is 23.2 Å². The Morgan fingerprint density at radius 3 is 2.72 bits per heavy atom. The Hall–Kier alpha value is -4.79. The monoisotopic (exact) mass is 476 g/mol. The first kappa shape index (κ1) is 21.7. The minimum atomic E-state index is 0.307. The van der Waals surface area contributed by atoms with Gasteiger partial charge in [-0.2, -0.15) is 5.10 Å². The lowest BCUT2D eigenvalue weighted by Gasteiger charge is -2.10. The highest BCUT2D eigenvalue weighted by Crippen LogP contribution is 2.32. The van der Waals surface area contributed by atoms with Crippen LogP contribution in [0, 0.1) is 0 Å². The topological polar surface area (TPSA) is 117 Å². The van der Waals surface area contributed by atoms with Crippen LogP contribution in [-0.2, 0) is 0 Å². The molecule has 0 unspecified atom stereocenters. The van der Waals surface area contributed by atoms with E-state index in [1.54, 1.807) is 13.3 Å². The van der Waals surface area contributed by atoms with Crippen molar-refractivity contribution in [2.75, 3.05) is 12.4 Å². The molecule has 0 amide bonds. The molecule has 9 nitrogen and oxygen atoms in total. The van der Waals surface area contributed by atoms with Crippen LogP contribution in [0.25, 0.3) is 56.1 Å². The molecule has 6 rings (SSSR count). The van der Waals surface area contributed by atoms with E-state index < -0.39 is 0 Å². The van der Waals surface area contributed by atoms with Gasteiger partial charge in [-0.05, 0) is 55.8 Å². The van der Waals surface area contributed by atoms with Gasteiger partial charge in [0.1, 0.15) is 16.8 Å². The number of methoxy groups -OCH3 is 1. The zero-order chi connectivity index (χ0) is 24.6. The third-order valence-corrected chi connectivity index (χ3v) is 5.89. The van der Waals surface area contributed by atoms with Crippen molar-refractivity contribution in [2.45, 2.75) is 19.9 Å². The molecule has 0 bridgehead atoms. The van der Waals surface area contributed by atoms with Crippen molar-refractivity contribution in [2.24, 2.45) is 0 Å². The number of hydrogen-bond donors (Lipinski definition) is 3. The van der Waals surface area contributed by atoms with E-state index in [1.807, 2.05) is 60.9 Å². The highest BCUT2D eigenvalue weighted by atomic mass is 16.5. The Bertz CT molecular complexity index is 1700. The van der Waals surface area contributed by atoms with E-state index in [1.165, 1.54) is 0 Å². The number of imidazole rings is 1. The number of pyridine rings is 3. The van der Waals surface area contributed by atoms with Crippen molar-refractivity contribution in [1.29, 1.82) is 0 Å². The third-order valence-electron chi connectivity index (χ3n) is 5.89. The zero-order valence-corrected chi connectivity index (χ0v) is 20.1. The van der Waals surface area contributed by atoms with Crippen molar-refractivity contribution in [3.05, 3.63) is 67.1 Å². The van der Waals surface area contributed by atoms with Gasteiger partial charge in [-0.15, -0.1) is 0 Å². The minimum absolute atomic E-state index is 0.307. The van der Waals surface area contributed by atoms with Crippen molar-refractivity contribution >= 4 is 27.9 Å². The fraction of sp³-hybridized carbons (Fsp3) is 0.148. The molecule has 0 fully saturated rings. The number of H-pyrrole nitrogens is 2. The van der Waals surface area contributed by atoms with Crippen LogP contribution >= 0.6 is 0 Å². The highest BCUT2D eigenvalue weighted by Gasteiger charge is 2.17. The molecule has 0 saturated heterocycles. The Kier molecular flexibility index (Phi) is 5.29. The summed E-state index contributed by atoms with van der Waals surface area (Å²) in [4.78, 5) is 22.0. The van der Waals surface area contributed by atoms with Gasteiger partial charge in [0.05, 0.1) is 24.0 Å². The molecule has 0 aliphatic rings. The summed E-state index contributed by atoms with van der Waals surface area (Å²) in [5.74, 6) is 1.38. The number of aromatic amines is 2. The van der Waals surface area contributed by atoms with Gasteiger partial charge in [0, 0.05) is 35.8 Å². The summed E-state index contributed by atoms with van der Waals surface area (Å²) in [6.07, 6.45) is 5.39. The number of rotatable bonds is 6. The average molecular weight is 477 g/mol. The molecule has 178 valence electrons. The molecular formula is C27H24N8O. The largest absolute Gasteiger partial charge is 0.497 e. The summed E-state index contributed by atoms with van der Waals surface area (Å²) >= 11 is 0. The Morgan fingerprint density at radius 2 is 1.86 bits per heavy atom. The number of nitrogens with zero attached hydrogens (tertiary/aromatic N) is 5. The van der Waals surface area contributed by atoms with Gasteiger partial charge in [-0.1, -0.05) is 12.1 Å². The van der Waals surface area contributed by atoms with Gasteiger partial charge in [0.15, 0.2) is 17.2 Å². The molecule has 1 aromatic carbocycles. The maximum atomic E-state index is 5.40. The van der Waals surface area contributed by atoms with Gasteiger partial charge < -0.3 is 15.0 Å². The summed E-state index contributed by atoms with van der Waals surface area (Å²) in [5, 5.41) is 11.0. The molecule has 5 aromatic heterocycles. The van der Waals surface area contributed by atoms with E-state index in [2.05, 4.69) is 44.3 Å². The fourth-order valence-corrected chi connectivity index (χ4v) is 4.26. The molecule has 0 aliphatic heterocycles. The molecule has 36 heavy (non-hydrogen) atoms. The van der Waals surface area contributed by atoms with Crippen molar-refractivity contribution in [3.8, 4) is 39.7 Å². The second-order valence-electron chi connectivity index (χ2n) is 8.80. The first-order valence-corrected chi connectivity index (χ1v) is 11.7. The number of fused-ring (bicyclic) bond motifs is 2. The lowest BCUT2D eigenvalue weighted by atomic mass is 10.1. The standard InChI is InChI=1S/C27H24N8O/c1-15(2)30-18-11-17(13-28-14-18)21-7-8-22-24(31-21)25(35-34-22)27-32-23-20(9-10-29-26(23)33-27)16-5-4-6-19(12-16)36-3/h4-15,30H,1-3H3,(H,34,35)(H,29,32,33). The number of benzene rings is 1.